The van der Waals surface area contributed by atoms with Gasteiger partial charge in [-0.15, -0.1) is 0 Å². The van der Waals surface area contributed by atoms with Crippen LogP contribution in [0.15, 0.2) is 12.2 Å². The fourth-order valence-electron chi connectivity index (χ4n) is 10.3. The summed E-state index contributed by atoms with van der Waals surface area (Å²) in [5, 5.41) is 0. The Bertz CT molecular complexity index is 1300. The molecule has 0 aromatic rings. The van der Waals surface area contributed by atoms with Gasteiger partial charge >= 0.3 is 19.8 Å². The molecule has 0 radical (unpaired) electrons. The molecule has 458 valence electrons. The highest BCUT2D eigenvalue weighted by atomic mass is 31.2. The number of quaternary nitrogens is 1. The van der Waals surface area contributed by atoms with E-state index in [1.165, 1.54) is 289 Å². The normalized spacial score (nSPS) is 13.2. The summed E-state index contributed by atoms with van der Waals surface area (Å²) in [5.41, 5.74) is 0. The molecule has 0 aliphatic heterocycles. The Labute approximate surface area is 479 Å². The molecule has 0 aromatic heterocycles. The average Bonchev–Trinajstić information content (AvgIpc) is 3.39. The molecule has 0 amide bonds. The molecule has 10 heteroatoms. The second kappa shape index (κ2) is 59.4. The van der Waals surface area contributed by atoms with Gasteiger partial charge in [-0.2, -0.15) is 0 Å². The van der Waals surface area contributed by atoms with Crippen LogP contribution in [0.5, 0.6) is 0 Å². The van der Waals surface area contributed by atoms with Crippen LogP contribution >= 0.6 is 7.82 Å². The molecule has 0 saturated heterocycles. The highest BCUT2D eigenvalue weighted by Gasteiger charge is 2.27. The molecule has 0 aliphatic rings. The van der Waals surface area contributed by atoms with Gasteiger partial charge in [-0.05, 0) is 38.5 Å². The van der Waals surface area contributed by atoms with E-state index in [9.17, 15) is 19.0 Å². The summed E-state index contributed by atoms with van der Waals surface area (Å²) in [7, 11) is 1.50. The van der Waals surface area contributed by atoms with Crippen LogP contribution in [-0.2, 0) is 32.7 Å². The molecule has 2 unspecified atom stereocenters. The third-order valence-electron chi connectivity index (χ3n) is 15.5. The number of rotatable bonds is 64. The van der Waals surface area contributed by atoms with Crippen LogP contribution in [0.4, 0.5) is 0 Å². The molecule has 0 rings (SSSR count). The van der Waals surface area contributed by atoms with Crippen LogP contribution in [0, 0.1) is 0 Å². The van der Waals surface area contributed by atoms with Crippen LogP contribution < -0.4 is 0 Å². The first-order valence-corrected chi connectivity index (χ1v) is 35.4. The van der Waals surface area contributed by atoms with Crippen molar-refractivity contribution in [3.05, 3.63) is 12.2 Å². The Morgan fingerprint density at radius 2 is 0.662 bits per heavy atom. The number of allylic oxidation sites excluding steroid dienone is 2. The van der Waals surface area contributed by atoms with Crippen molar-refractivity contribution in [3.63, 3.8) is 0 Å². The van der Waals surface area contributed by atoms with Gasteiger partial charge < -0.3 is 18.9 Å². The maximum atomic E-state index is 12.9. The molecule has 0 aromatic carbocycles. The Morgan fingerprint density at radius 3 is 0.961 bits per heavy atom. The molecule has 0 saturated carbocycles. The Hall–Kier alpha value is -1.25. The van der Waals surface area contributed by atoms with Gasteiger partial charge in [0.25, 0.3) is 0 Å². The summed E-state index contributed by atoms with van der Waals surface area (Å²) in [6, 6.07) is 0. The third kappa shape index (κ3) is 63.8. The Morgan fingerprint density at radius 1 is 0.390 bits per heavy atom. The van der Waals surface area contributed by atoms with Crippen molar-refractivity contribution in [2.45, 2.75) is 360 Å². The van der Waals surface area contributed by atoms with Crippen molar-refractivity contribution in [2.75, 3.05) is 47.5 Å². The van der Waals surface area contributed by atoms with Gasteiger partial charge in [0.15, 0.2) is 6.10 Å². The topological polar surface area (TPSA) is 108 Å². The van der Waals surface area contributed by atoms with Gasteiger partial charge in [0.1, 0.15) is 19.8 Å². The standard InChI is InChI=1S/C67H132NO8P/c1-6-8-10-12-14-16-18-20-22-24-26-28-30-32-33-34-36-37-39-41-43-45-47-49-51-53-55-57-59-66(69)73-63-65(64-75-77(71,72)74-62-61-68(3,4)5)76-67(70)60-58-56-54-52-50-48-46-44-42-40-38-35-31-29-27-25-23-21-19-17-15-13-11-9-7-2/h25,27,65H,6-24,26,28-64H2,1-5H3/p+1/b27-25-. The molecule has 1 N–H and O–H groups in total. The molecular weight excluding hydrogens is 978 g/mol. The molecule has 77 heavy (non-hydrogen) atoms. The number of carbonyl (C=O) groups excluding carboxylic acids is 2. The summed E-state index contributed by atoms with van der Waals surface area (Å²) in [6.07, 6.45) is 71.7. The zero-order chi connectivity index (χ0) is 56.3. The van der Waals surface area contributed by atoms with Crippen molar-refractivity contribution < 1.29 is 42.1 Å². The minimum atomic E-state index is -4.38. The summed E-state index contributed by atoms with van der Waals surface area (Å²) in [6.45, 7) is 4.51. The number of esters is 2. The lowest BCUT2D eigenvalue weighted by molar-refractivity contribution is -0.870. The number of phosphoric acid groups is 1. The van der Waals surface area contributed by atoms with E-state index < -0.39 is 26.5 Å². The maximum Gasteiger partial charge on any atom is 0.472 e. The highest BCUT2D eigenvalue weighted by molar-refractivity contribution is 7.47. The molecule has 0 heterocycles. The fraction of sp³-hybridized carbons (Fsp3) is 0.940. The van der Waals surface area contributed by atoms with Crippen molar-refractivity contribution >= 4 is 19.8 Å². The second-order valence-electron chi connectivity index (χ2n) is 24.6. The average molecular weight is 1110 g/mol. The smallest absolute Gasteiger partial charge is 0.462 e. The van der Waals surface area contributed by atoms with Crippen LogP contribution in [0.3, 0.4) is 0 Å². The monoisotopic (exact) mass is 1110 g/mol. The zero-order valence-corrected chi connectivity index (χ0v) is 53.1. The minimum absolute atomic E-state index is 0.0360. The van der Waals surface area contributed by atoms with Gasteiger partial charge in [0, 0.05) is 12.8 Å². The largest absolute Gasteiger partial charge is 0.472 e. The van der Waals surface area contributed by atoms with Crippen molar-refractivity contribution in [1.82, 2.24) is 0 Å². The third-order valence-corrected chi connectivity index (χ3v) is 16.5. The number of unbranched alkanes of at least 4 members (excludes halogenated alkanes) is 48. The van der Waals surface area contributed by atoms with Crippen LogP contribution in [-0.4, -0.2) is 74.9 Å². The Balaban J connectivity index is 4.01. The lowest BCUT2D eigenvalue weighted by Gasteiger charge is -2.24. The zero-order valence-electron chi connectivity index (χ0n) is 52.2. The predicted octanol–water partition coefficient (Wildman–Crippen LogP) is 21.6. The SMILES string of the molecule is CCCCCCCCCC/C=C\CCCCCCCCCCCCCCCC(=O)OC(COC(=O)CCCCCCCCCCCCCCCCCCCCCCCCCCCCCC)COP(=O)(O)OCC[N+](C)(C)C. The van der Waals surface area contributed by atoms with Crippen LogP contribution in [0.2, 0.25) is 0 Å². The molecule has 0 fully saturated rings. The van der Waals surface area contributed by atoms with Gasteiger partial charge in [-0.25, -0.2) is 4.57 Å². The van der Waals surface area contributed by atoms with E-state index in [-0.39, 0.29) is 25.6 Å². The fourth-order valence-corrected chi connectivity index (χ4v) is 11.1. The van der Waals surface area contributed by atoms with E-state index in [1.807, 2.05) is 21.1 Å². The predicted molar refractivity (Wildman–Crippen MR) is 331 cm³/mol. The summed E-state index contributed by atoms with van der Waals surface area (Å²) < 4.78 is 34.7. The lowest BCUT2D eigenvalue weighted by atomic mass is 10.0. The first-order chi connectivity index (χ1) is 37.5. The number of carbonyl (C=O) groups is 2. The van der Waals surface area contributed by atoms with E-state index in [1.54, 1.807) is 0 Å². The summed E-state index contributed by atoms with van der Waals surface area (Å²) in [4.78, 5) is 35.8. The van der Waals surface area contributed by atoms with Crippen LogP contribution in [0.25, 0.3) is 0 Å². The van der Waals surface area contributed by atoms with E-state index in [0.29, 0.717) is 23.9 Å². The lowest BCUT2D eigenvalue weighted by Crippen LogP contribution is -2.37. The molecule has 0 spiro atoms. The van der Waals surface area contributed by atoms with Crippen molar-refractivity contribution in [2.24, 2.45) is 0 Å². The number of hydrogen-bond acceptors (Lipinski definition) is 7. The highest BCUT2D eigenvalue weighted by Crippen LogP contribution is 2.43. The molecule has 9 nitrogen and oxygen atoms in total. The van der Waals surface area contributed by atoms with Gasteiger partial charge in [-0.3, -0.25) is 18.6 Å². The van der Waals surface area contributed by atoms with Crippen molar-refractivity contribution in [3.8, 4) is 0 Å². The van der Waals surface area contributed by atoms with Crippen molar-refractivity contribution in [1.29, 1.82) is 0 Å². The number of ether oxygens (including phenoxy) is 2. The maximum absolute atomic E-state index is 12.9. The minimum Gasteiger partial charge on any atom is -0.462 e. The quantitative estimate of drug-likeness (QED) is 0.0211. The second-order valence-corrected chi connectivity index (χ2v) is 26.0. The van der Waals surface area contributed by atoms with Gasteiger partial charge in [-0.1, -0.05) is 315 Å². The Kier molecular flexibility index (Phi) is 58.4. The number of hydrogen-bond donors (Lipinski definition) is 1. The van der Waals surface area contributed by atoms with E-state index >= 15 is 0 Å². The molecule has 2 atom stereocenters. The summed E-state index contributed by atoms with van der Waals surface area (Å²) >= 11 is 0. The van der Waals surface area contributed by atoms with E-state index in [2.05, 4.69) is 26.0 Å². The van der Waals surface area contributed by atoms with Gasteiger partial charge in [0.05, 0.1) is 27.7 Å². The molecular formula is C67H133NO8P+. The number of phosphoric ester groups is 1. The first-order valence-electron chi connectivity index (χ1n) is 33.9. The first kappa shape index (κ1) is 75.8. The van der Waals surface area contributed by atoms with Gasteiger partial charge in [0.2, 0.25) is 0 Å². The van der Waals surface area contributed by atoms with Crippen LogP contribution in [0.1, 0.15) is 354 Å². The van der Waals surface area contributed by atoms with E-state index in [4.69, 9.17) is 18.5 Å². The molecule has 0 aliphatic carbocycles. The molecule has 0 bridgehead atoms. The summed E-state index contributed by atoms with van der Waals surface area (Å²) in [5.74, 6) is -0.773. The number of likely N-dealkylation sites (N-methyl/N-ethyl adjacent to an activating group) is 1. The number of nitrogens with zero attached hydrogens (tertiary/aromatic N) is 1. The van der Waals surface area contributed by atoms with E-state index in [0.717, 1.165) is 32.1 Å².